The molecule has 0 radical (unpaired) electrons. The molecule has 2 N–H and O–H groups in total. The molecular formula is C7H7ClF2N2O. The number of ether oxygens (including phenoxy) is 1. The van der Waals surface area contributed by atoms with Gasteiger partial charge < -0.3 is 10.5 Å². The van der Waals surface area contributed by atoms with Crippen LogP contribution >= 0.6 is 11.6 Å². The number of rotatable bonds is 3. The lowest BCUT2D eigenvalue weighted by atomic mass is 10.4. The Kier molecular flexibility index (Phi) is 3.25. The summed E-state index contributed by atoms with van der Waals surface area (Å²) in [5.41, 5.74) is 5.70. The quantitative estimate of drug-likeness (QED) is 0.773. The van der Waals surface area contributed by atoms with Crippen LogP contribution in [0, 0.1) is 0 Å². The van der Waals surface area contributed by atoms with Crippen LogP contribution in [0.3, 0.4) is 0 Å². The van der Waals surface area contributed by atoms with Gasteiger partial charge in [-0.2, -0.15) is 0 Å². The molecule has 0 atom stereocenters. The highest BCUT2D eigenvalue weighted by molar-refractivity contribution is 6.29. The minimum absolute atomic E-state index is 0.00491. The molecule has 0 aromatic carbocycles. The van der Waals surface area contributed by atoms with E-state index in [0.717, 1.165) is 0 Å². The van der Waals surface area contributed by atoms with Gasteiger partial charge in [0.1, 0.15) is 5.15 Å². The number of hydrogen-bond donors (Lipinski definition) is 1. The van der Waals surface area contributed by atoms with E-state index >= 15 is 0 Å². The molecule has 0 saturated carbocycles. The van der Waals surface area contributed by atoms with Gasteiger partial charge in [0.05, 0.1) is 0 Å². The van der Waals surface area contributed by atoms with E-state index in [-0.39, 0.29) is 11.0 Å². The third-order valence-electron chi connectivity index (χ3n) is 1.15. The van der Waals surface area contributed by atoms with Gasteiger partial charge in [-0.05, 0) is 6.07 Å². The Hall–Kier alpha value is -1.10. The number of nitrogens with two attached hydrogens (primary N) is 1. The van der Waals surface area contributed by atoms with Crippen LogP contribution in [-0.2, 0) is 0 Å². The number of halogens is 3. The van der Waals surface area contributed by atoms with Crippen molar-refractivity contribution in [3.8, 4) is 5.88 Å². The van der Waals surface area contributed by atoms with E-state index in [2.05, 4.69) is 9.72 Å². The lowest BCUT2D eigenvalue weighted by molar-refractivity contribution is 0.0796. The average Bonchev–Trinajstić information content (AvgIpc) is 1.99. The number of hydrogen-bond acceptors (Lipinski definition) is 3. The second-order valence-corrected chi connectivity index (χ2v) is 2.65. The van der Waals surface area contributed by atoms with Crippen molar-refractivity contribution in [2.24, 2.45) is 0 Å². The Morgan fingerprint density at radius 3 is 2.77 bits per heavy atom. The second-order valence-electron chi connectivity index (χ2n) is 2.26. The first-order valence-electron chi connectivity index (χ1n) is 3.42. The van der Waals surface area contributed by atoms with Gasteiger partial charge in [0.15, 0.2) is 6.61 Å². The molecule has 0 saturated heterocycles. The Morgan fingerprint density at radius 1 is 1.54 bits per heavy atom. The number of alkyl halides is 2. The molecule has 1 aromatic rings. The van der Waals surface area contributed by atoms with Crippen LogP contribution in [0.1, 0.15) is 0 Å². The molecule has 0 bridgehead atoms. The molecule has 1 aromatic heterocycles. The monoisotopic (exact) mass is 208 g/mol. The van der Waals surface area contributed by atoms with Crippen molar-refractivity contribution < 1.29 is 13.5 Å². The fourth-order valence-electron chi connectivity index (χ4n) is 0.714. The molecule has 1 rings (SSSR count). The Bertz CT molecular complexity index is 276. The summed E-state index contributed by atoms with van der Waals surface area (Å²) in [6.45, 7) is -0.715. The smallest absolute Gasteiger partial charge is 0.272 e. The second kappa shape index (κ2) is 4.23. The maximum Gasteiger partial charge on any atom is 0.272 e. The number of pyridine rings is 1. The zero-order valence-electron chi connectivity index (χ0n) is 6.51. The van der Waals surface area contributed by atoms with Gasteiger partial charge in [-0.3, -0.25) is 0 Å². The summed E-state index contributed by atoms with van der Waals surface area (Å²) < 4.78 is 28.0. The molecule has 0 unspecified atom stereocenters. The molecule has 0 aliphatic rings. The summed E-state index contributed by atoms with van der Waals surface area (Å²) in [5, 5.41) is 0.115. The summed E-state index contributed by atoms with van der Waals surface area (Å²) in [6.07, 6.45) is -2.54. The summed E-state index contributed by atoms with van der Waals surface area (Å²) in [6, 6.07) is 2.73. The normalized spacial score (nSPS) is 10.5. The van der Waals surface area contributed by atoms with E-state index in [1.165, 1.54) is 12.1 Å². The summed E-state index contributed by atoms with van der Waals surface area (Å²) >= 11 is 5.51. The number of aromatic nitrogens is 1. The van der Waals surface area contributed by atoms with Crippen LogP contribution in [0.25, 0.3) is 0 Å². The van der Waals surface area contributed by atoms with Gasteiger partial charge in [-0.25, -0.2) is 13.8 Å². The third kappa shape index (κ3) is 3.42. The zero-order chi connectivity index (χ0) is 9.84. The predicted molar refractivity (Wildman–Crippen MR) is 45.2 cm³/mol. The minimum Gasteiger partial charge on any atom is -0.471 e. The number of anilines is 1. The molecule has 3 nitrogen and oxygen atoms in total. The maximum atomic E-state index is 11.7. The van der Waals surface area contributed by atoms with Gasteiger partial charge in [-0.1, -0.05) is 11.6 Å². The molecular weight excluding hydrogens is 202 g/mol. The molecule has 0 spiro atoms. The van der Waals surface area contributed by atoms with Gasteiger partial charge in [-0.15, -0.1) is 0 Å². The summed E-state index contributed by atoms with van der Waals surface area (Å²) in [7, 11) is 0. The van der Waals surface area contributed by atoms with E-state index in [0.29, 0.717) is 5.69 Å². The van der Waals surface area contributed by atoms with Crippen LogP contribution < -0.4 is 10.5 Å². The highest BCUT2D eigenvalue weighted by atomic mass is 35.5. The molecule has 0 fully saturated rings. The minimum atomic E-state index is -2.54. The van der Waals surface area contributed by atoms with Crippen molar-refractivity contribution in [2.45, 2.75) is 6.43 Å². The fraction of sp³-hybridized carbons (Fsp3) is 0.286. The van der Waals surface area contributed by atoms with E-state index in [1.54, 1.807) is 0 Å². The first kappa shape index (κ1) is 9.98. The lowest BCUT2D eigenvalue weighted by Gasteiger charge is -2.04. The van der Waals surface area contributed by atoms with E-state index in [9.17, 15) is 8.78 Å². The van der Waals surface area contributed by atoms with Gasteiger partial charge in [0.25, 0.3) is 6.43 Å². The first-order chi connectivity index (χ1) is 6.08. The average molecular weight is 209 g/mol. The van der Waals surface area contributed by atoms with Crippen molar-refractivity contribution in [1.29, 1.82) is 0 Å². The zero-order valence-corrected chi connectivity index (χ0v) is 7.26. The number of nitrogen functional groups attached to an aromatic ring is 1. The summed E-state index contributed by atoms with van der Waals surface area (Å²) in [4.78, 5) is 3.64. The van der Waals surface area contributed by atoms with Crippen molar-refractivity contribution in [1.82, 2.24) is 4.98 Å². The van der Waals surface area contributed by atoms with E-state index < -0.39 is 13.0 Å². The van der Waals surface area contributed by atoms with Crippen molar-refractivity contribution in [3.63, 3.8) is 0 Å². The first-order valence-corrected chi connectivity index (χ1v) is 3.80. The standard InChI is InChI=1S/C7H7ClF2N2O/c8-5-1-4(11)2-7(12-5)13-3-6(9)10/h1-2,6H,3H2,(H2,11,12). The molecule has 0 aliphatic heterocycles. The molecule has 0 amide bonds. The highest BCUT2D eigenvalue weighted by Gasteiger charge is 2.05. The predicted octanol–water partition coefficient (Wildman–Crippen LogP) is 1.96. The van der Waals surface area contributed by atoms with Crippen LogP contribution in [-0.4, -0.2) is 18.0 Å². The van der Waals surface area contributed by atoms with Crippen LogP contribution in [0.2, 0.25) is 5.15 Å². The molecule has 6 heteroatoms. The van der Waals surface area contributed by atoms with E-state index in [4.69, 9.17) is 17.3 Å². The molecule has 1 heterocycles. The molecule has 0 aliphatic carbocycles. The van der Waals surface area contributed by atoms with Crippen molar-refractivity contribution >= 4 is 17.3 Å². The molecule has 13 heavy (non-hydrogen) atoms. The SMILES string of the molecule is Nc1cc(Cl)nc(OCC(F)F)c1. The van der Waals surface area contributed by atoms with Gasteiger partial charge in [0, 0.05) is 11.8 Å². The Balaban J connectivity index is 2.66. The van der Waals surface area contributed by atoms with Crippen LogP contribution in [0.5, 0.6) is 5.88 Å². The van der Waals surface area contributed by atoms with Gasteiger partial charge >= 0.3 is 0 Å². The lowest BCUT2D eigenvalue weighted by Crippen LogP contribution is -2.08. The summed E-state index contributed by atoms with van der Waals surface area (Å²) in [5.74, 6) is 0.00491. The Morgan fingerprint density at radius 2 is 2.23 bits per heavy atom. The fourth-order valence-corrected chi connectivity index (χ4v) is 0.923. The number of nitrogens with zero attached hydrogens (tertiary/aromatic N) is 1. The van der Waals surface area contributed by atoms with Crippen LogP contribution in [0.4, 0.5) is 14.5 Å². The van der Waals surface area contributed by atoms with Crippen molar-refractivity contribution in [3.05, 3.63) is 17.3 Å². The molecule has 72 valence electrons. The van der Waals surface area contributed by atoms with Crippen LogP contribution in [0.15, 0.2) is 12.1 Å². The van der Waals surface area contributed by atoms with Gasteiger partial charge in [0.2, 0.25) is 5.88 Å². The van der Waals surface area contributed by atoms with Crippen molar-refractivity contribution in [2.75, 3.05) is 12.3 Å². The largest absolute Gasteiger partial charge is 0.471 e. The van der Waals surface area contributed by atoms with E-state index in [1.807, 2.05) is 0 Å². The Labute approximate surface area is 78.5 Å². The topological polar surface area (TPSA) is 48.1 Å². The maximum absolute atomic E-state index is 11.7. The highest BCUT2D eigenvalue weighted by Crippen LogP contribution is 2.17. The third-order valence-corrected chi connectivity index (χ3v) is 1.34.